The number of hydrogen-bond donors (Lipinski definition) is 0. The molecule has 4 heteroatoms. The van der Waals surface area contributed by atoms with E-state index in [-0.39, 0.29) is 22.9 Å². The Labute approximate surface area is 128 Å². The van der Waals surface area contributed by atoms with Crippen LogP contribution in [0.5, 0.6) is 0 Å². The second kappa shape index (κ2) is 5.05. The fraction of sp³-hybridized carbons (Fsp3) is 0.278. The molecule has 22 heavy (non-hydrogen) atoms. The summed E-state index contributed by atoms with van der Waals surface area (Å²) in [5, 5.41) is 0. The van der Waals surface area contributed by atoms with Crippen LogP contribution in [0, 0.1) is 0 Å². The highest BCUT2D eigenvalue weighted by molar-refractivity contribution is 6.30. The van der Waals surface area contributed by atoms with Gasteiger partial charge >= 0.3 is 0 Å². The van der Waals surface area contributed by atoms with Crippen LogP contribution in [0.2, 0.25) is 0 Å². The lowest BCUT2D eigenvalue weighted by Crippen LogP contribution is -2.23. The van der Waals surface area contributed by atoms with Gasteiger partial charge in [-0.15, -0.1) is 0 Å². The van der Waals surface area contributed by atoms with E-state index in [4.69, 9.17) is 0 Å². The number of hydrogen-bond acceptors (Lipinski definition) is 3. The first-order valence-electron chi connectivity index (χ1n) is 7.46. The summed E-state index contributed by atoms with van der Waals surface area (Å²) in [6.07, 6.45) is 0.911. The number of benzene rings is 1. The van der Waals surface area contributed by atoms with E-state index in [1.165, 1.54) is 0 Å². The molecule has 0 atom stereocenters. The standard InChI is InChI=1S/C18H17NO3/c1-4-12-14(13(20)5-2)15-16(19(12)3)18(22)11-9-7-6-8-10(11)17(15)21/h6-9H,4-5H2,1-3H3. The van der Waals surface area contributed by atoms with Gasteiger partial charge in [0.1, 0.15) is 5.69 Å². The molecule has 1 aromatic carbocycles. The minimum atomic E-state index is -0.225. The molecule has 0 aliphatic heterocycles. The number of carbonyl (C=O) groups is 3. The zero-order valence-corrected chi connectivity index (χ0v) is 12.9. The predicted molar refractivity (Wildman–Crippen MR) is 82.7 cm³/mol. The van der Waals surface area contributed by atoms with Gasteiger partial charge in [0.2, 0.25) is 5.78 Å². The van der Waals surface area contributed by atoms with Crippen molar-refractivity contribution in [2.24, 2.45) is 7.05 Å². The molecule has 1 aromatic heterocycles. The highest BCUT2D eigenvalue weighted by atomic mass is 16.1. The molecular formula is C18H17NO3. The summed E-state index contributed by atoms with van der Waals surface area (Å²) < 4.78 is 1.72. The average molecular weight is 295 g/mol. The zero-order chi connectivity index (χ0) is 16.0. The number of carbonyl (C=O) groups excluding carboxylic acids is 3. The van der Waals surface area contributed by atoms with Crippen molar-refractivity contribution in [1.82, 2.24) is 4.57 Å². The lowest BCUT2D eigenvalue weighted by atomic mass is 9.85. The minimum absolute atomic E-state index is 0.0887. The lowest BCUT2D eigenvalue weighted by Gasteiger charge is -2.16. The van der Waals surface area contributed by atoms with Crippen LogP contribution in [0.3, 0.4) is 0 Å². The third-order valence-corrected chi connectivity index (χ3v) is 4.31. The quantitative estimate of drug-likeness (QED) is 0.698. The minimum Gasteiger partial charge on any atom is -0.344 e. The molecule has 0 radical (unpaired) electrons. The van der Waals surface area contributed by atoms with Crippen LogP contribution < -0.4 is 0 Å². The molecule has 2 aromatic rings. The SMILES string of the molecule is CCC(=O)c1c2c(n(C)c1CC)C(=O)c1ccccc1C2=O. The number of fused-ring (bicyclic) bond motifs is 2. The molecule has 1 heterocycles. The van der Waals surface area contributed by atoms with Crippen LogP contribution in [0.1, 0.15) is 68.3 Å². The van der Waals surface area contributed by atoms with Crippen LogP contribution in [-0.4, -0.2) is 21.9 Å². The van der Waals surface area contributed by atoms with Crippen molar-refractivity contribution in [3.63, 3.8) is 0 Å². The van der Waals surface area contributed by atoms with Crippen LogP contribution in [0.15, 0.2) is 24.3 Å². The van der Waals surface area contributed by atoms with Gasteiger partial charge < -0.3 is 4.57 Å². The van der Waals surface area contributed by atoms with E-state index in [0.29, 0.717) is 35.2 Å². The summed E-state index contributed by atoms with van der Waals surface area (Å²) in [5.41, 5.74) is 2.62. The van der Waals surface area contributed by atoms with Crippen LogP contribution in [0.25, 0.3) is 0 Å². The Morgan fingerprint density at radius 2 is 1.64 bits per heavy atom. The summed E-state index contributed by atoms with van der Waals surface area (Å²) in [5.74, 6) is -0.496. The maximum Gasteiger partial charge on any atom is 0.210 e. The fourth-order valence-electron chi connectivity index (χ4n) is 3.25. The third-order valence-electron chi connectivity index (χ3n) is 4.31. The average Bonchev–Trinajstić information content (AvgIpc) is 2.84. The Morgan fingerprint density at radius 1 is 1.05 bits per heavy atom. The number of rotatable bonds is 3. The largest absolute Gasteiger partial charge is 0.344 e. The Balaban J connectivity index is 2.39. The molecule has 1 aliphatic carbocycles. The van der Waals surface area contributed by atoms with E-state index in [1.807, 2.05) is 6.92 Å². The summed E-state index contributed by atoms with van der Waals surface area (Å²) in [6, 6.07) is 6.80. The zero-order valence-electron chi connectivity index (χ0n) is 12.9. The fourth-order valence-corrected chi connectivity index (χ4v) is 3.25. The molecule has 0 saturated heterocycles. The summed E-state index contributed by atoms with van der Waals surface area (Å²) in [7, 11) is 1.75. The van der Waals surface area contributed by atoms with E-state index in [1.54, 1.807) is 42.8 Å². The van der Waals surface area contributed by atoms with Crippen molar-refractivity contribution in [1.29, 1.82) is 0 Å². The van der Waals surface area contributed by atoms with Crippen LogP contribution >= 0.6 is 0 Å². The highest BCUT2D eigenvalue weighted by Crippen LogP contribution is 2.33. The van der Waals surface area contributed by atoms with Gasteiger partial charge in [0.25, 0.3) is 0 Å². The Morgan fingerprint density at radius 3 is 2.18 bits per heavy atom. The van der Waals surface area contributed by atoms with Gasteiger partial charge in [-0.2, -0.15) is 0 Å². The third kappa shape index (κ3) is 1.73. The molecule has 0 saturated carbocycles. The Hall–Kier alpha value is -2.49. The number of Topliss-reactive ketones (excluding diaryl/α,β-unsaturated/α-hetero) is 1. The van der Waals surface area contributed by atoms with E-state index in [2.05, 4.69) is 0 Å². The van der Waals surface area contributed by atoms with Crippen molar-refractivity contribution in [3.8, 4) is 0 Å². The van der Waals surface area contributed by atoms with Gasteiger partial charge in [-0.1, -0.05) is 38.1 Å². The first kappa shape index (κ1) is 14.4. The van der Waals surface area contributed by atoms with Gasteiger partial charge in [0, 0.05) is 30.3 Å². The molecular weight excluding hydrogens is 278 g/mol. The van der Waals surface area contributed by atoms with Gasteiger partial charge in [-0.05, 0) is 6.42 Å². The van der Waals surface area contributed by atoms with E-state index < -0.39 is 0 Å². The molecule has 0 amide bonds. The van der Waals surface area contributed by atoms with Crippen molar-refractivity contribution in [3.05, 3.63) is 57.9 Å². The second-order valence-electron chi connectivity index (χ2n) is 5.44. The second-order valence-corrected chi connectivity index (χ2v) is 5.44. The molecule has 0 N–H and O–H groups in total. The summed E-state index contributed by atoms with van der Waals surface area (Å²) in [6.45, 7) is 3.69. The summed E-state index contributed by atoms with van der Waals surface area (Å²) >= 11 is 0. The number of ketones is 3. The van der Waals surface area contributed by atoms with Gasteiger partial charge in [0.05, 0.1) is 11.1 Å². The van der Waals surface area contributed by atoms with E-state index in [0.717, 1.165) is 5.69 Å². The normalized spacial score (nSPS) is 13.0. The van der Waals surface area contributed by atoms with Crippen LogP contribution in [-0.2, 0) is 13.5 Å². The number of nitrogens with zero attached hydrogens (tertiary/aromatic N) is 1. The van der Waals surface area contributed by atoms with Crippen molar-refractivity contribution < 1.29 is 14.4 Å². The topological polar surface area (TPSA) is 56.1 Å². The summed E-state index contributed by atoms with van der Waals surface area (Å²) in [4.78, 5) is 38.0. The van der Waals surface area contributed by atoms with Gasteiger partial charge in [-0.25, -0.2) is 0 Å². The number of aromatic nitrogens is 1. The molecule has 0 unspecified atom stereocenters. The highest BCUT2D eigenvalue weighted by Gasteiger charge is 2.37. The molecule has 0 fully saturated rings. The van der Waals surface area contributed by atoms with Crippen molar-refractivity contribution in [2.75, 3.05) is 0 Å². The first-order chi connectivity index (χ1) is 10.5. The Bertz CT molecular complexity index is 827. The molecule has 112 valence electrons. The van der Waals surface area contributed by atoms with Gasteiger partial charge in [-0.3, -0.25) is 14.4 Å². The van der Waals surface area contributed by atoms with E-state index >= 15 is 0 Å². The molecule has 0 bridgehead atoms. The predicted octanol–water partition coefficient (Wildman–Crippen LogP) is 2.96. The Kier molecular flexibility index (Phi) is 3.32. The van der Waals surface area contributed by atoms with E-state index in [9.17, 15) is 14.4 Å². The molecule has 3 rings (SSSR count). The van der Waals surface area contributed by atoms with Crippen molar-refractivity contribution in [2.45, 2.75) is 26.7 Å². The molecule has 0 spiro atoms. The van der Waals surface area contributed by atoms with Crippen molar-refractivity contribution >= 4 is 17.3 Å². The smallest absolute Gasteiger partial charge is 0.210 e. The molecule has 1 aliphatic rings. The van der Waals surface area contributed by atoms with Gasteiger partial charge in [0.15, 0.2) is 11.6 Å². The maximum atomic E-state index is 12.9. The lowest BCUT2D eigenvalue weighted by molar-refractivity contribution is 0.0960. The van der Waals surface area contributed by atoms with Crippen LogP contribution in [0.4, 0.5) is 0 Å². The maximum absolute atomic E-state index is 12.9. The monoisotopic (exact) mass is 295 g/mol. The molecule has 4 nitrogen and oxygen atoms in total. The first-order valence-corrected chi connectivity index (χ1v) is 7.46.